The van der Waals surface area contributed by atoms with Crippen LogP contribution in [0, 0.1) is 17.8 Å². The highest BCUT2D eigenvalue weighted by Crippen LogP contribution is 2.54. The van der Waals surface area contributed by atoms with Crippen LogP contribution in [-0.4, -0.2) is 17.3 Å². The fourth-order valence-electron chi connectivity index (χ4n) is 2.47. The molecule has 0 aromatic heterocycles. The van der Waals surface area contributed by atoms with Crippen molar-refractivity contribution in [3.63, 3.8) is 0 Å². The van der Waals surface area contributed by atoms with Gasteiger partial charge in [-0.2, -0.15) is 0 Å². The summed E-state index contributed by atoms with van der Waals surface area (Å²) in [6.07, 6.45) is 4.72. The van der Waals surface area contributed by atoms with Crippen molar-refractivity contribution in [2.24, 2.45) is 17.8 Å². The Kier molecular flexibility index (Phi) is 3.15. The third-order valence-electron chi connectivity index (χ3n) is 3.46. The molecule has 3 unspecified atom stereocenters. The molecule has 1 N–H and O–H groups in total. The summed E-state index contributed by atoms with van der Waals surface area (Å²) in [4.78, 5) is 12.2. The highest BCUT2D eigenvalue weighted by molar-refractivity contribution is 9.09. The summed E-state index contributed by atoms with van der Waals surface area (Å²) >= 11 is 3.47. The van der Waals surface area contributed by atoms with Crippen LogP contribution in [0.3, 0.4) is 0 Å². The molecule has 0 heterocycles. The molecule has 2 nitrogen and oxygen atoms in total. The summed E-state index contributed by atoms with van der Waals surface area (Å²) in [6, 6.07) is 0. The second-order valence-corrected chi connectivity index (χ2v) is 6.35. The molecule has 14 heavy (non-hydrogen) atoms. The van der Waals surface area contributed by atoms with Crippen LogP contribution in [0.25, 0.3) is 0 Å². The van der Waals surface area contributed by atoms with Crippen molar-refractivity contribution in [2.45, 2.75) is 37.4 Å². The van der Waals surface area contributed by atoms with Crippen LogP contribution in [0.4, 0.5) is 0 Å². The molecule has 2 aliphatic carbocycles. The third-order valence-corrected chi connectivity index (χ3v) is 3.91. The van der Waals surface area contributed by atoms with E-state index in [1.54, 1.807) is 0 Å². The fourth-order valence-corrected chi connectivity index (χ4v) is 2.70. The van der Waals surface area contributed by atoms with Gasteiger partial charge < -0.3 is 5.32 Å². The molecular formula is C11H18BrNO. The van der Waals surface area contributed by atoms with Crippen LogP contribution in [-0.2, 0) is 4.79 Å². The van der Waals surface area contributed by atoms with Gasteiger partial charge in [-0.15, -0.1) is 0 Å². The van der Waals surface area contributed by atoms with E-state index in [4.69, 9.17) is 0 Å². The number of hydrogen-bond acceptors (Lipinski definition) is 1. The van der Waals surface area contributed by atoms with Gasteiger partial charge >= 0.3 is 0 Å². The fraction of sp³-hybridized carbons (Fsp3) is 0.909. The summed E-state index contributed by atoms with van der Waals surface area (Å²) in [6.45, 7) is 2.92. The summed E-state index contributed by atoms with van der Waals surface area (Å²) in [5, 5.41) is 3.03. The quantitative estimate of drug-likeness (QED) is 0.772. The maximum atomic E-state index is 11.7. The number of carbonyl (C=O) groups is 1. The van der Waals surface area contributed by atoms with Crippen molar-refractivity contribution in [1.29, 1.82) is 0 Å². The Morgan fingerprint density at radius 2 is 2.07 bits per heavy atom. The number of rotatable bonds is 4. The maximum absolute atomic E-state index is 11.7. The molecule has 2 rings (SSSR count). The van der Waals surface area contributed by atoms with Crippen molar-refractivity contribution in [3.8, 4) is 0 Å². The van der Waals surface area contributed by atoms with E-state index in [0.29, 0.717) is 16.7 Å². The van der Waals surface area contributed by atoms with E-state index in [0.717, 1.165) is 37.6 Å². The molecule has 0 radical (unpaired) electrons. The molecule has 0 aliphatic heterocycles. The predicted octanol–water partition coefficient (Wildman–Crippen LogP) is 2.32. The normalized spacial score (nSPS) is 36.3. The summed E-state index contributed by atoms with van der Waals surface area (Å²) in [5.74, 6) is 2.44. The Hall–Kier alpha value is -0.0500. The number of alkyl halides is 1. The van der Waals surface area contributed by atoms with Crippen LogP contribution in [0.5, 0.6) is 0 Å². The van der Waals surface area contributed by atoms with Crippen LogP contribution in [0.15, 0.2) is 0 Å². The summed E-state index contributed by atoms with van der Waals surface area (Å²) in [5.41, 5.74) is 0. The smallest absolute Gasteiger partial charge is 0.223 e. The molecule has 0 spiro atoms. The minimum absolute atomic E-state index is 0.297. The number of halogens is 1. The van der Waals surface area contributed by atoms with E-state index in [1.165, 1.54) is 6.42 Å². The van der Waals surface area contributed by atoms with Gasteiger partial charge in [-0.1, -0.05) is 22.9 Å². The van der Waals surface area contributed by atoms with Crippen molar-refractivity contribution >= 4 is 21.8 Å². The summed E-state index contributed by atoms with van der Waals surface area (Å²) < 4.78 is 0. The van der Waals surface area contributed by atoms with Crippen LogP contribution in [0.2, 0.25) is 0 Å². The minimum atomic E-state index is 0.297. The van der Waals surface area contributed by atoms with Gasteiger partial charge in [0, 0.05) is 17.3 Å². The van der Waals surface area contributed by atoms with E-state index >= 15 is 0 Å². The second kappa shape index (κ2) is 4.21. The van der Waals surface area contributed by atoms with Gasteiger partial charge in [-0.25, -0.2) is 0 Å². The van der Waals surface area contributed by atoms with Gasteiger partial charge in [0.15, 0.2) is 0 Å². The topological polar surface area (TPSA) is 29.1 Å². The van der Waals surface area contributed by atoms with E-state index in [2.05, 4.69) is 28.2 Å². The SMILES string of the molecule is CC(Br)CCNC(=O)C1CC2CC2C1. The highest BCUT2D eigenvalue weighted by atomic mass is 79.9. The minimum Gasteiger partial charge on any atom is -0.356 e. The average Bonchev–Trinajstić information content (AvgIpc) is 2.73. The summed E-state index contributed by atoms with van der Waals surface area (Å²) in [7, 11) is 0. The number of fused-ring (bicyclic) bond motifs is 1. The molecule has 0 aromatic carbocycles. The molecule has 1 amide bonds. The lowest BCUT2D eigenvalue weighted by molar-refractivity contribution is -0.125. The van der Waals surface area contributed by atoms with Gasteiger partial charge in [0.25, 0.3) is 0 Å². The van der Waals surface area contributed by atoms with Crippen molar-refractivity contribution < 1.29 is 4.79 Å². The molecule has 0 bridgehead atoms. The first kappa shape index (κ1) is 10.5. The van der Waals surface area contributed by atoms with Crippen LogP contribution >= 0.6 is 15.9 Å². The lowest BCUT2D eigenvalue weighted by Crippen LogP contribution is -2.31. The molecule has 0 saturated heterocycles. The van der Waals surface area contributed by atoms with Gasteiger partial charge in [-0.3, -0.25) is 4.79 Å². The molecule has 0 aromatic rings. The number of hydrogen-bond donors (Lipinski definition) is 1. The van der Waals surface area contributed by atoms with Crippen molar-refractivity contribution in [3.05, 3.63) is 0 Å². The lowest BCUT2D eigenvalue weighted by Gasteiger charge is -2.12. The monoisotopic (exact) mass is 259 g/mol. The Labute approximate surface area is 94.0 Å². The standard InChI is InChI=1S/C11H18BrNO/c1-7(12)2-3-13-11(14)10-5-8-4-9(8)6-10/h7-10H,2-6H2,1H3,(H,13,14). The maximum Gasteiger partial charge on any atom is 0.223 e. The highest BCUT2D eigenvalue weighted by Gasteiger charge is 2.47. The van der Waals surface area contributed by atoms with Crippen molar-refractivity contribution in [2.75, 3.05) is 6.54 Å². The molecule has 2 fully saturated rings. The third kappa shape index (κ3) is 2.50. The van der Waals surface area contributed by atoms with E-state index in [1.807, 2.05) is 0 Å². The predicted molar refractivity (Wildman–Crippen MR) is 60.3 cm³/mol. The largest absolute Gasteiger partial charge is 0.356 e. The van der Waals surface area contributed by atoms with Crippen molar-refractivity contribution in [1.82, 2.24) is 5.32 Å². The molecule has 2 aliphatic rings. The Morgan fingerprint density at radius 1 is 1.43 bits per heavy atom. The number of nitrogens with one attached hydrogen (secondary N) is 1. The molecule has 2 saturated carbocycles. The Bertz CT molecular complexity index is 219. The molecule has 3 atom stereocenters. The zero-order chi connectivity index (χ0) is 10.1. The van der Waals surface area contributed by atoms with E-state index in [9.17, 15) is 4.79 Å². The number of carbonyl (C=O) groups excluding carboxylic acids is 1. The van der Waals surface area contributed by atoms with Crippen LogP contribution < -0.4 is 5.32 Å². The average molecular weight is 260 g/mol. The van der Waals surface area contributed by atoms with Gasteiger partial charge in [-0.05, 0) is 37.5 Å². The van der Waals surface area contributed by atoms with Gasteiger partial charge in [0.05, 0.1) is 0 Å². The zero-order valence-electron chi connectivity index (χ0n) is 8.63. The number of amides is 1. The second-order valence-electron chi connectivity index (χ2n) is 4.78. The Morgan fingerprint density at radius 3 is 2.64 bits per heavy atom. The van der Waals surface area contributed by atoms with Gasteiger partial charge in [0.2, 0.25) is 5.91 Å². The van der Waals surface area contributed by atoms with Gasteiger partial charge in [0.1, 0.15) is 0 Å². The van der Waals surface area contributed by atoms with E-state index < -0.39 is 0 Å². The van der Waals surface area contributed by atoms with E-state index in [-0.39, 0.29) is 0 Å². The Balaban J connectivity index is 1.63. The first-order valence-corrected chi connectivity index (χ1v) is 6.50. The van der Waals surface area contributed by atoms with Crippen LogP contribution in [0.1, 0.15) is 32.6 Å². The first-order valence-electron chi connectivity index (χ1n) is 5.58. The zero-order valence-corrected chi connectivity index (χ0v) is 10.2. The first-order chi connectivity index (χ1) is 6.66. The molecular weight excluding hydrogens is 242 g/mol. The molecule has 80 valence electrons. The lowest BCUT2D eigenvalue weighted by atomic mass is 10.0. The molecule has 3 heteroatoms.